The highest BCUT2D eigenvalue weighted by atomic mass is 32.1. The average molecular weight is 493 g/mol. The Hall–Kier alpha value is -3.10. The summed E-state index contributed by atoms with van der Waals surface area (Å²) in [7, 11) is 3.23. The molecule has 3 aromatic rings. The third kappa shape index (κ3) is 5.60. The van der Waals surface area contributed by atoms with Crippen LogP contribution in [0.1, 0.15) is 12.0 Å². The van der Waals surface area contributed by atoms with E-state index >= 15 is 0 Å². The van der Waals surface area contributed by atoms with Crippen LogP contribution in [0.2, 0.25) is 0 Å². The van der Waals surface area contributed by atoms with E-state index < -0.39 is 0 Å². The Labute approximate surface area is 210 Å². The lowest BCUT2D eigenvalue weighted by molar-refractivity contribution is -0.116. The Bertz CT molecular complexity index is 1200. The molecular weight excluding hydrogens is 460 g/mol. The number of carbonyl (C=O) groups is 1. The van der Waals surface area contributed by atoms with Gasteiger partial charge in [0.05, 0.1) is 18.9 Å². The Morgan fingerprint density at radius 1 is 1.11 bits per heavy atom. The van der Waals surface area contributed by atoms with Crippen molar-refractivity contribution in [3.05, 3.63) is 54.1 Å². The van der Waals surface area contributed by atoms with E-state index in [0.717, 1.165) is 56.4 Å². The number of ether oxygens (including phenoxy) is 2. The summed E-state index contributed by atoms with van der Waals surface area (Å²) >= 11 is 1.59. The smallest absolute Gasteiger partial charge is 0.244 e. The van der Waals surface area contributed by atoms with Gasteiger partial charge in [0.2, 0.25) is 5.91 Å². The van der Waals surface area contributed by atoms with Gasteiger partial charge in [-0.15, -0.1) is 0 Å². The van der Waals surface area contributed by atoms with E-state index in [1.165, 1.54) is 16.5 Å². The zero-order valence-electron chi connectivity index (χ0n) is 20.3. The fourth-order valence-electron chi connectivity index (χ4n) is 4.77. The molecule has 0 unspecified atom stereocenters. The fraction of sp³-hybridized carbons (Fsp3) is 0.407. The summed E-state index contributed by atoms with van der Waals surface area (Å²) in [6, 6.07) is 14.0. The zero-order chi connectivity index (χ0) is 24.2. The molecule has 8 heteroatoms. The first-order valence-corrected chi connectivity index (χ1v) is 12.9. The van der Waals surface area contributed by atoms with Crippen molar-refractivity contribution in [1.29, 1.82) is 0 Å². The summed E-state index contributed by atoms with van der Waals surface area (Å²) < 4.78 is 16.6. The largest absolute Gasteiger partial charge is 0.497 e. The van der Waals surface area contributed by atoms with Gasteiger partial charge in [0.25, 0.3) is 0 Å². The number of amides is 1. The van der Waals surface area contributed by atoms with Crippen molar-refractivity contribution in [3.8, 4) is 11.5 Å². The van der Waals surface area contributed by atoms with Crippen LogP contribution < -0.4 is 19.7 Å². The molecule has 0 bridgehead atoms. The minimum Gasteiger partial charge on any atom is -0.497 e. The SMILES string of the molecule is COc1ccc(/C=C/C(=O)NC[C@H]2C[C@@H]2CN2CCN(c3nsc4ccccc34)CC2)c(OC)c1. The normalized spacial score (nSPS) is 20.3. The molecule has 0 radical (unpaired) electrons. The summed E-state index contributed by atoms with van der Waals surface area (Å²) in [6.45, 7) is 6.01. The van der Waals surface area contributed by atoms with Gasteiger partial charge in [-0.2, -0.15) is 4.37 Å². The van der Waals surface area contributed by atoms with Gasteiger partial charge in [-0.25, -0.2) is 0 Å². The predicted octanol–water partition coefficient (Wildman–Crippen LogP) is 3.90. The van der Waals surface area contributed by atoms with Crippen LogP contribution in [0, 0.1) is 11.8 Å². The number of piperazine rings is 1. The molecule has 1 aromatic heterocycles. The monoisotopic (exact) mass is 492 g/mol. The first kappa shape index (κ1) is 23.6. The summed E-state index contributed by atoms with van der Waals surface area (Å²) in [4.78, 5) is 17.3. The van der Waals surface area contributed by atoms with Gasteiger partial charge in [-0.05, 0) is 60.1 Å². The number of fused-ring (bicyclic) bond motifs is 1. The summed E-state index contributed by atoms with van der Waals surface area (Å²) in [5, 5.41) is 4.33. The van der Waals surface area contributed by atoms with Gasteiger partial charge in [0, 0.05) is 62.4 Å². The van der Waals surface area contributed by atoms with Crippen LogP contribution >= 0.6 is 11.5 Å². The van der Waals surface area contributed by atoms with Gasteiger partial charge in [0.1, 0.15) is 17.3 Å². The van der Waals surface area contributed by atoms with Crippen LogP contribution in [-0.2, 0) is 4.79 Å². The number of nitrogens with zero attached hydrogens (tertiary/aromatic N) is 3. The van der Waals surface area contributed by atoms with Crippen molar-refractivity contribution in [1.82, 2.24) is 14.6 Å². The Morgan fingerprint density at radius 3 is 2.74 bits per heavy atom. The number of aromatic nitrogens is 1. The Balaban J connectivity index is 1.04. The number of nitrogens with one attached hydrogen (secondary N) is 1. The molecule has 1 aliphatic heterocycles. The first-order valence-electron chi connectivity index (χ1n) is 12.1. The molecular formula is C27H32N4O3S. The lowest BCUT2D eigenvalue weighted by atomic mass is 10.1. The molecule has 1 amide bonds. The summed E-state index contributed by atoms with van der Waals surface area (Å²) in [5.74, 6) is 3.71. The highest BCUT2D eigenvalue weighted by Crippen LogP contribution is 2.39. The molecule has 2 atom stereocenters. The van der Waals surface area contributed by atoms with Crippen molar-refractivity contribution in [2.75, 3.05) is 58.4 Å². The van der Waals surface area contributed by atoms with Crippen molar-refractivity contribution < 1.29 is 14.3 Å². The highest BCUT2D eigenvalue weighted by molar-refractivity contribution is 7.13. The summed E-state index contributed by atoms with van der Waals surface area (Å²) in [5.41, 5.74) is 0.845. The molecule has 7 nitrogen and oxygen atoms in total. The number of benzene rings is 2. The first-order chi connectivity index (χ1) is 17.1. The molecule has 0 spiro atoms. The van der Waals surface area contributed by atoms with Crippen LogP contribution in [-0.4, -0.2) is 68.7 Å². The highest BCUT2D eigenvalue weighted by Gasteiger charge is 2.38. The lowest BCUT2D eigenvalue weighted by Gasteiger charge is -2.35. The lowest BCUT2D eigenvalue weighted by Crippen LogP contribution is -2.47. The van der Waals surface area contributed by atoms with E-state index in [2.05, 4.69) is 39.4 Å². The second-order valence-electron chi connectivity index (χ2n) is 9.23. The van der Waals surface area contributed by atoms with Crippen LogP contribution in [0.4, 0.5) is 5.82 Å². The number of methoxy groups -OCH3 is 2. The predicted molar refractivity (Wildman–Crippen MR) is 141 cm³/mol. The molecule has 2 aromatic carbocycles. The molecule has 184 valence electrons. The molecule has 1 saturated heterocycles. The van der Waals surface area contributed by atoms with E-state index in [4.69, 9.17) is 13.8 Å². The van der Waals surface area contributed by atoms with Crippen molar-refractivity contribution in [3.63, 3.8) is 0 Å². The number of carbonyl (C=O) groups excluding carboxylic acids is 1. The number of anilines is 1. The van der Waals surface area contributed by atoms with E-state index in [1.54, 1.807) is 37.9 Å². The topological polar surface area (TPSA) is 66.9 Å². The fourth-order valence-corrected chi connectivity index (χ4v) is 5.57. The van der Waals surface area contributed by atoms with E-state index in [9.17, 15) is 4.79 Å². The Kier molecular flexibility index (Phi) is 7.20. The van der Waals surface area contributed by atoms with Gasteiger partial charge in [-0.3, -0.25) is 9.69 Å². The van der Waals surface area contributed by atoms with Crippen molar-refractivity contribution in [2.45, 2.75) is 6.42 Å². The maximum atomic E-state index is 12.3. The van der Waals surface area contributed by atoms with Crippen LogP contribution in [0.5, 0.6) is 11.5 Å². The third-order valence-corrected chi connectivity index (χ3v) is 7.80. The summed E-state index contributed by atoms with van der Waals surface area (Å²) in [6.07, 6.45) is 4.54. The van der Waals surface area contributed by atoms with E-state index in [0.29, 0.717) is 17.6 Å². The molecule has 5 rings (SSSR count). The number of hydrogen-bond donors (Lipinski definition) is 1. The molecule has 35 heavy (non-hydrogen) atoms. The molecule has 2 fully saturated rings. The zero-order valence-corrected chi connectivity index (χ0v) is 21.1. The standard InChI is InChI=1S/C27H32N4O3S/c1-33-22-9-7-19(24(16-22)34-2)8-10-26(32)28-17-20-15-21(20)18-30-11-13-31(14-12-30)27-23-5-3-4-6-25(23)35-29-27/h3-10,16,20-21H,11-15,17-18H2,1-2H3,(H,28,32)/b10-8+/t20-,21-/m1/s1. The average Bonchev–Trinajstić information content (AvgIpc) is 3.50. The van der Waals surface area contributed by atoms with Gasteiger partial charge in [0.15, 0.2) is 0 Å². The molecule has 1 saturated carbocycles. The minimum absolute atomic E-state index is 0.0716. The maximum Gasteiger partial charge on any atom is 0.244 e. The third-order valence-electron chi connectivity index (χ3n) is 6.99. The quantitative estimate of drug-likeness (QED) is 0.457. The molecule has 1 N–H and O–H groups in total. The molecule has 2 aliphatic rings. The van der Waals surface area contributed by atoms with Crippen molar-refractivity contribution in [2.24, 2.45) is 11.8 Å². The molecule has 2 heterocycles. The van der Waals surface area contributed by atoms with Gasteiger partial charge < -0.3 is 19.7 Å². The van der Waals surface area contributed by atoms with E-state index in [-0.39, 0.29) is 5.91 Å². The van der Waals surface area contributed by atoms with Gasteiger partial charge in [-0.1, -0.05) is 12.1 Å². The number of rotatable bonds is 9. The van der Waals surface area contributed by atoms with Crippen LogP contribution in [0.15, 0.2) is 48.5 Å². The van der Waals surface area contributed by atoms with Crippen LogP contribution in [0.25, 0.3) is 16.2 Å². The second-order valence-corrected chi connectivity index (χ2v) is 10.0. The Morgan fingerprint density at radius 2 is 1.94 bits per heavy atom. The molecule has 1 aliphatic carbocycles. The van der Waals surface area contributed by atoms with Crippen molar-refractivity contribution >= 4 is 39.4 Å². The minimum atomic E-state index is -0.0716. The van der Waals surface area contributed by atoms with E-state index in [1.807, 2.05) is 18.2 Å². The van der Waals surface area contributed by atoms with Crippen LogP contribution in [0.3, 0.4) is 0 Å². The second kappa shape index (κ2) is 10.7. The van der Waals surface area contributed by atoms with Gasteiger partial charge >= 0.3 is 0 Å². The number of hydrogen-bond acceptors (Lipinski definition) is 7. The maximum absolute atomic E-state index is 12.3.